The van der Waals surface area contributed by atoms with Gasteiger partial charge >= 0.3 is 0 Å². The number of ether oxygens (including phenoxy) is 1. The number of amides is 1. The van der Waals surface area contributed by atoms with Crippen LogP contribution < -0.4 is 15.6 Å². The van der Waals surface area contributed by atoms with Crippen molar-refractivity contribution in [2.75, 3.05) is 7.11 Å². The minimum Gasteiger partial charge on any atom is -0.495 e. The Labute approximate surface area is 166 Å². The maximum Gasteiger partial charge on any atom is 0.268 e. The van der Waals surface area contributed by atoms with Crippen LogP contribution in [0.4, 0.5) is 0 Å². The quantitative estimate of drug-likeness (QED) is 0.565. The van der Waals surface area contributed by atoms with Gasteiger partial charge in [0.1, 0.15) is 17.6 Å². The van der Waals surface area contributed by atoms with E-state index in [-0.39, 0.29) is 12.1 Å². The SMILES string of the molecule is COc1ccccc1-n1ccc(C)c(C(=O)NCc2cccc3ncnn23)c1=O. The van der Waals surface area contributed by atoms with Crippen molar-refractivity contribution < 1.29 is 9.53 Å². The van der Waals surface area contributed by atoms with Crippen molar-refractivity contribution in [1.29, 1.82) is 0 Å². The summed E-state index contributed by atoms with van der Waals surface area (Å²) in [6, 6.07) is 14.4. The van der Waals surface area contributed by atoms with Gasteiger partial charge in [0.15, 0.2) is 5.65 Å². The number of rotatable bonds is 5. The Balaban J connectivity index is 1.67. The summed E-state index contributed by atoms with van der Waals surface area (Å²) < 4.78 is 8.41. The van der Waals surface area contributed by atoms with Gasteiger partial charge in [0, 0.05) is 6.20 Å². The first kappa shape index (κ1) is 18.4. The van der Waals surface area contributed by atoms with E-state index in [1.165, 1.54) is 18.0 Å². The first-order valence-corrected chi connectivity index (χ1v) is 9.01. The number of nitrogens with one attached hydrogen (secondary N) is 1. The van der Waals surface area contributed by atoms with Crippen molar-refractivity contribution >= 4 is 11.6 Å². The molecule has 3 heterocycles. The van der Waals surface area contributed by atoms with Crippen molar-refractivity contribution in [3.63, 3.8) is 0 Å². The number of methoxy groups -OCH3 is 1. The maximum absolute atomic E-state index is 13.1. The summed E-state index contributed by atoms with van der Waals surface area (Å²) in [5.41, 5.74) is 2.28. The van der Waals surface area contributed by atoms with E-state index in [1.807, 2.05) is 30.3 Å². The van der Waals surface area contributed by atoms with Crippen LogP contribution in [0.1, 0.15) is 21.6 Å². The molecule has 146 valence electrons. The lowest BCUT2D eigenvalue weighted by Crippen LogP contribution is -2.33. The van der Waals surface area contributed by atoms with Crippen LogP contribution in [-0.4, -0.2) is 32.2 Å². The number of hydrogen-bond acceptors (Lipinski definition) is 5. The Bertz CT molecular complexity index is 1260. The van der Waals surface area contributed by atoms with Gasteiger partial charge in [-0.3, -0.25) is 14.2 Å². The number of pyridine rings is 2. The Kier molecular flexibility index (Phi) is 4.82. The Hall–Kier alpha value is -3.94. The predicted molar refractivity (Wildman–Crippen MR) is 107 cm³/mol. The number of para-hydroxylation sites is 2. The molecule has 1 aromatic carbocycles. The van der Waals surface area contributed by atoms with Gasteiger partial charge in [-0.1, -0.05) is 18.2 Å². The standard InChI is InChI=1S/C21H19N5O3/c1-14-10-11-25(16-7-3-4-8-17(16)29-2)21(28)19(14)20(27)22-12-15-6-5-9-18-23-13-24-26(15)18/h3-11,13H,12H2,1-2H3,(H,22,27). The maximum atomic E-state index is 13.1. The molecule has 0 spiro atoms. The number of aromatic nitrogens is 4. The number of nitrogens with zero attached hydrogens (tertiary/aromatic N) is 4. The van der Waals surface area contributed by atoms with E-state index in [1.54, 1.807) is 35.8 Å². The molecule has 0 aliphatic carbocycles. The van der Waals surface area contributed by atoms with Crippen LogP contribution >= 0.6 is 0 Å². The number of carbonyl (C=O) groups is 1. The van der Waals surface area contributed by atoms with Gasteiger partial charge in [0.25, 0.3) is 11.5 Å². The molecule has 0 fully saturated rings. The highest BCUT2D eigenvalue weighted by molar-refractivity contribution is 5.95. The molecule has 29 heavy (non-hydrogen) atoms. The molecule has 0 saturated carbocycles. The smallest absolute Gasteiger partial charge is 0.268 e. The van der Waals surface area contributed by atoms with Crippen LogP contribution in [0.3, 0.4) is 0 Å². The summed E-state index contributed by atoms with van der Waals surface area (Å²) in [6.45, 7) is 1.95. The van der Waals surface area contributed by atoms with Crippen molar-refractivity contribution in [2.24, 2.45) is 0 Å². The number of aryl methyl sites for hydroxylation is 1. The fourth-order valence-electron chi connectivity index (χ4n) is 3.22. The third-order valence-corrected chi connectivity index (χ3v) is 4.68. The Morgan fingerprint density at radius 2 is 1.97 bits per heavy atom. The van der Waals surface area contributed by atoms with Gasteiger partial charge in [-0.2, -0.15) is 5.10 Å². The molecule has 8 heteroatoms. The number of fused-ring (bicyclic) bond motifs is 1. The first-order chi connectivity index (χ1) is 14.1. The van der Waals surface area contributed by atoms with Crippen LogP contribution in [0.2, 0.25) is 0 Å². The molecule has 0 atom stereocenters. The third kappa shape index (κ3) is 3.36. The molecule has 1 amide bonds. The van der Waals surface area contributed by atoms with Crippen LogP contribution in [0.15, 0.2) is 65.8 Å². The lowest BCUT2D eigenvalue weighted by molar-refractivity contribution is 0.0947. The monoisotopic (exact) mass is 389 g/mol. The average molecular weight is 389 g/mol. The van der Waals surface area contributed by atoms with Gasteiger partial charge in [0.05, 0.1) is 25.0 Å². The highest BCUT2D eigenvalue weighted by atomic mass is 16.5. The molecule has 8 nitrogen and oxygen atoms in total. The zero-order valence-corrected chi connectivity index (χ0v) is 16.0. The van der Waals surface area contributed by atoms with Gasteiger partial charge in [-0.15, -0.1) is 0 Å². The Morgan fingerprint density at radius 3 is 2.79 bits per heavy atom. The number of carbonyl (C=O) groups excluding carboxylic acids is 1. The van der Waals surface area contributed by atoms with E-state index in [0.717, 1.165) is 5.69 Å². The molecular formula is C21H19N5O3. The summed E-state index contributed by atoms with van der Waals surface area (Å²) >= 11 is 0. The van der Waals surface area contributed by atoms with Gasteiger partial charge in [-0.25, -0.2) is 9.50 Å². The zero-order chi connectivity index (χ0) is 20.4. The molecule has 0 aliphatic heterocycles. The van der Waals surface area contributed by atoms with E-state index in [4.69, 9.17) is 4.74 Å². The fraction of sp³-hybridized carbons (Fsp3) is 0.143. The summed E-state index contributed by atoms with van der Waals surface area (Å²) in [5.74, 6) is 0.0940. The lowest BCUT2D eigenvalue weighted by atomic mass is 10.1. The molecule has 4 rings (SSSR count). The van der Waals surface area contributed by atoms with Crippen molar-refractivity contribution in [3.05, 3.63) is 88.2 Å². The molecule has 0 aliphatic rings. The van der Waals surface area contributed by atoms with Crippen LogP contribution in [0.25, 0.3) is 11.3 Å². The number of hydrogen-bond donors (Lipinski definition) is 1. The molecule has 4 aromatic rings. The van der Waals surface area contributed by atoms with Crippen LogP contribution in [-0.2, 0) is 6.54 Å². The second-order valence-corrected chi connectivity index (χ2v) is 6.45. The normalized spacial score (nSPS) is 10.8. The fourth-order valence-corrected chi connectivity index (χ4v) is 3.22. The third-order valence-electron chi connectivity index (χ3n) is 4.68. The van der Waals surface area contributed by atoms with E-state index in [2.05, 4.69) is 15.4 Å². The molecule has 1 N–H and O–H groups in total. The second-order valence-electron chi connectivity index (χ2n) is 6.45. The lowest BCUT2D eigenvalue weighted by Gasteiger charge is -2.14. The predicted octanol–water partition coefficient (Wildman–Crippen LogP) is 2.13. The molecule has 3 aromatic heterocycles. The molecule has 0 radical (unpaired) electrons. The summed E-state index contributed by atoms with van der Waals surface area (Å²) in [7, 11) is 1.54. The van der Waals surface area contributed by atoms with E-state index < -0.39 is 11.5 Å². The molecular weight excluding hydrogens is 370 g/mol. The average Bonchev–Trinajstić information content (AvgIpc) is 3.22. The summed E-state index contributed by atoms with van der Waals surface area (Å²) in [4.78, 5) is 30.1. The van der Waals surface area contributed by atoms with Crippen molar-refractivity contribution in [3.8, 4) is 11.4 Å². The molecule has 0 unspecified atom stereocenters. The molecule has 0 saturated heterocycles. The topological polar surface area (TPSA) is 90.5 Å². The van der Waals surface area contributed by atoms with Gasteiger partial charge < -0.3 is 10.1 Å². The van der Waals surface area contributed by atoms with E-state index in [9.17, 15) is 9.59 Å². The zero-order valence-electron chi connectivity index (χ0n) is 16.0. The first-order valence-electron chi connectivity index (χ1n) is 9.01. The minimum atomic E-state index is -0.450. The van der Waals surface area contributed by atoms with Crippen molar-refractivity contribution in [1.82, 2.24) is 24.5 Å². The highest BCUT2D eigenvalue weighted by Crippen LogP contribution is 2.21. The summed E-state index contributed by atoms with van der Waals surface area (Å²) in [5, 5.41) is 6.97. The Morgan fingerprint density at radius 1 is 1.14 bits per heavy atom. The van der Waals surface area contributed by atoms with E-state index >= 15 is 0 Å². The van der Waals surface area contributed by atoms with Gasteiger partial charge in [0.2, 0.25) is 0 Å². The van der Waals surface area contributed by atoms with Crippen LogP contribution in [0.5, 0.6) is 5.75 Å². The van der Waals surface area contributed by atoms with Crippen LogP contribution in [0, 0.1) is 6.92 Å². The van der Waals surface area contributed by atoms with Gasteiger partial charge in [-0.05, 0) is 42.8 Å². The number of benzene rings is 1. The minimum absolute atomic E-state index is 0.0872. The second kappa shape index (κ2) is 7.59. The summed E-state index contributed by atoms with van der Waals surface area (Å²) in [6.07, 6.45) is 3.09. The van der Waals surface area contributed by atoms with E-state index in [0.29, 0.717) is 22.6 Å². The largest absolute Gasteiger partial charge is 0.495 e. The highest BCUT2D eigenvalue weighted by Gasteiger charge is 2.18. The molecule has 0 bridgehead atoms. The van der Waals surface area contributed by atoms with Crippen molar-refractivity contribution in [2.45, 2.75) is 13.5 Å².